The number of amides is 3. The molecule has 1 heterocycles. The first kappa shape index (κ1) is 23.6. The Labute approximate surface area is 191 Å². The van der Waals surface area contributed by atoms with Gasteiger partial charge in [0.1, 0.15) is 0 Å². The molecule has 0 bridgehead atoms. The molecule has 7 nitrogen and oxygen atoms in total. The first-order chi connectivity index (χ1) is 15.6. The number of benzene rings is 2. The molecule has 3 amide bonds. The molecule has 1 saturated heterocycles. The number of hydrogen-bond donors (Lipinski definition) is 3. The van der Waals surface area contributed by atoms with E-state index in [0.29, 0.717) is 24.3 Å². The quantitative estimate of drug-likeness (QED) is 0.530. The SMILES string of the molecule is CCN(CC)CCNC(=O)c1cc(NC(=O)NCc2ccccc2)ccc1N1CCCC1. The van der Waals surface area contributed by atoms with Crippen LogP contribution in [0.5, 0.6) is 0 Å². The number of carbonyl (C=O) groups is 2. The second-order valence-electron chi connectivity index (χ2n) is 8.00. The van der Waals surface area contributed by atoms with E-state index in [0.717, 1.165) is 56.8 Å². The highest BCUT2D eigenvalue weighted by Gasteiger charge is 2.20. The molecule has 1 fully saturated rings. The lowest BCUT2D eigenvalue weighted by molar-refractivity contribution is 0.0949. The Morgan fingerprint density at radius 2 is 1.69 bits per heavy atom. The largest absolute Gasteiger partial charge is 0.371 e. The van der Waals surface area contributed by atoms with Crippen LogP contribution in [0.15, 0.2) is 48.5 Å². The zero-order valence-electron chi connectivity index (χ0n) is 19.2. The van der Waals surface area contributed by atoms with E-state index in [1.54, 1.807) is 6.07 Å². The monoisotopic (exact) mass is 437 g/mol. The number of anilines is 2. The van der Waals surface area contributed by atoms with Gasteiger partial charge in [-0.1, -0.05) is 44.2 Å². The van der Waals surface area contributed by atoms with Gasteiger partial charge in [0.2, 0.25) is 0 Å². The molecule has 0 radical (unpaired) electrons. The van der Waals surface area contributed by atoms with E-state index in [1.807, 2.05) is 42.5 Å². The Hall–Kier alpha value is -3.06. The molecule has 3 rings (SSSR count). The van der Waals surface area contributed by atoms with Crippen LogP contribution < -0.4 is 20.9 Å². The molecule has 2 aromatic rings. The molecular formula is C25H35N5O2. The van der Waals surface area contributed by atoms with Gasteiger partial charge in [-0.25, -0.2) is 4.79 Å². The van der Waals surface area contributed by atoms with Crippen LogP contribution in [0.25, 0.3) is 0 Å². The topological polar surface area (TPSA) is 76.7 Å². The molecule has 0 unspecified atom stereocenters. The third kappa shape index (κ3) is 6.72. The number of likely N-dealkylation sites (N-methyl/N-ethyl adjacent to an activating group) is 1. The Kier molecular flexibility index (Phi) is 8.92. The van der Waals surface area contributed by atoms with Gasteiger partial charge in [0.25, 0.3) is 5.91 Å². The summed E-state index contributed by atoms with van der Waals surface area (Å²) in [6.07, 6.45) is 2.26. The molecule has 0 spiro atoms. The van der Waals surface area contributed by atoms with E-state index >= 15 is 0 Å². The van der Waals surface area contributed by atoms with Crippen LogP contribution >= 0.6 is 0 Å². The number of nitrogens with one attached hydrogen (secondary N) is 3. The zero-order chi connectivity index (χ0) is 22.8. The van der Waals surface area contributed by atoms with Gasteiger partial charge in [0, 0.05) is 44.1 Å². The Morgan fingerprint density at radius 3 is 2.38 bits per heavy atom. The predicted molar refractivity (Wildman–Crippen MR) is 130 cm³/mol. The summed E-state index contributed by atoms with van der Waals surface area (Å²) in [5, 5.41) is 8.77. The van der Waals surface area contributed by atoms with Crippen molar-refractivity contribution in [3.05, 3.63) is 59.7 Å². The van der Waals surface area contributed by atoms with Gasteiger partial charge in [-0.3, -0.25) is 4.79 Å². The second-order valence-corrected chi connectivity index (χ2v) is 8.00. The molecule has 1 aliphatic rings. The minimum absolute atomic E-state index is 0.104. The summed E-state index contributed by atoms with van der Waals surface area (Å²) in [5.74, 6) is -0.104. The molecule has 32 heavy (non-hydrogen) atoms. The van der Waals surface area contributed by atoms with Crippen molar-refractivity contribution in [2.75, 3.05) is 49.5 Å². The fourth-order valence-corrected chi connectivity index (χ4v) is 3.95. The van der Waals surface area contributed by atoms with Crippen LogP contribution in [-0.4, -0.2) is 56.1 Å². The minimum atomic E-state index is -0.296. The lowest BCUT2D eigenvalue weighted by atomic mass is 10.1. The standard InChI is InChI=1S/C25H35N5O2/c1-3-29(4-2)17-14-26-24(31)22-18-21(12-13-23(22)30-15-8-9-16-30)28-25(32)27-19-20-10-6-5-7-11-20/h5-7,10-13,18H,3-4,8-9,14-17,19H2,1-2H3,(H,26,31)(H2,27,28,32). The van der Waals surface area contributed by atoms with Crippen LogP contribution in [-0.2, 0) is 6.54 Å². The lowest BCUT2D eigenvalue weighted by Gasteiger charge is -2.23. The summed E-state index contributed by atoms with van der Waals surface area (Å²) in [5.41, 5.74) is 3.16. The number of carbonyl (C=O) groups excluding carboxylic acids is 2. The van der Waals surface area contributed by atoms with Crippen LogP contribution in [0, 0.1) is 0 Å². The molecular weight excluding hydrogens is 402 g/mol. The molecule has 7 heteroatoms. The van der Waals surface area contributed by atoms with E-state index in [9.17, 15) is 9.59 Å². The molecule has 3 N–H and O–H groups in total. The van der Waals surface area contributed by atoms with Crippen molar-refractivity contribution >= 4 is 23.3 Å². The number of rotatable bonds is 10. The van der Waals surface area contributed by atoms with Gasteiger partial charge in [-0.2, -0.15) is 0 Å². The van der Waals surface area contributed by atoms with E-state index in [1.165, 1.54) is 0 Å². The molecule has 1 aliphatic heterocycles. The van der Waals surface area contributed by atoms with Crippen molar-refractivity contribution in [2.45, 2.75) is 33.2 Å². The summed E-state index contributed by atoms with van der Waals surface area (Å²) in [6.45, 7) is 9.91. The molecule has 0 aliphatic carbocycles. The Bertz CT molecular complexity index is 877. The average Bonchev–Trinajstić information content (AvgIpc) is 3.36. The number of hydrogen-bond acceptors (Lipinski definition) is 4. The molecule has 0 atom stereocenters. The van der Waals surface area contributed by atoms with Crippen molar-refractivity contribution in [1.29, 1.82) is 0 Å². The highest BCUT2D eigenvalue weighted by atomic mass is 16.2. The maximum absolute atomic E-state index is 13.0. The summed E-state index contributed by atoms with van der Waals surface area (Å²) < 4.78 is 0. The van der Waals surface area contributed by atoms with E-state index in [2.05, 4.69) is 39.6 Å². The smallest absolute Gasteiger partial charge is 0.319 e. The summed E-state index contributed by atoms with van der Waals surface area (Å²) in [4.78, 5) is 30.0. The average molecular weight is 438 g/mol. The second kappa shape index (κ2) is 12.1. The van der Waals surface area contributed by atoms with E-state index in [-0.39, 0.29) is 11.9 Å². The van der Waals surface area contributed by atoms with Gasteiger partial charge in [0.15, 0.2) is 0 Å². The molecule has 2 aromatic carbocycles. The van der Waals surface area contributed by atoms with Crippen LogP contribution in [0.4, 0.5) is 16.2 Å². The van der Waals surface area contributed by atoms with Crippen molar-refractivity contribution in [3.8, 4) is 0 Å². The third-order valence-corrected chi connectivity index (χ3v) is 5.85. The van der Waals surface area contributed by atoms with Gasteiger partial charge < -0.3 is 25.8 Å². The first-order valence-electron chi connectivity index (χ1n) is 11.6. The third-order valence-electron chi connectivity index (χ3n) is 5.85. The van der Waals surface area contributed by atoms with Gasteiger partial charge >= 0.3 is 6.03 Å². The van der Waals surface area contributed by atoms with Crippen molar-refractivity contribution in [3.63, 3.8) is 0 Å². The van der Waals surface area contributed by atoms with Crippen LogP contribution in [0.1, 0.15) is 42.6 Å². The summed E-state index contributed by atoms with van der Waals surface area (Å²) in [7, 11) is 0. The predicted octanol–water partition coefficient (Wildman–Crippen LogP) is 3.68. The van der Waals surface area contributed by atoms with Gasteiger partial charge in [-0.05, 0) is 49.7 Å². The van der Waals surface area contributed by atoms with Gasteiger partial charge in [0.05, 0.1) is 5.56 Å². The lowest BCUT2D eigenvalue weighted by Crippen LogP contribution is -2.35. The van der Waals surface area contributed by atoms with Crippen molar-refractivity contribution in [1.82, 2.24) is 15.5 Å². The number of nitrogens with zero attached hydrogens (tertiary/aromatic N) is 2. The van der Waals surface area contributed by atoms with Crippen LogP contribution in [0.2, 0.25) is 0 Å². The fraction of sp³-hybridized carbons (Fsp3) is 0.440. The normalized spacial score (nSPS) is 13.3. The molecule has 0 aromatic heterocycles. The highest BCUT2D eigenvalue weighted by molar-refractivity contribution is 6.02. The zero-order valence-corrected chi connectivity index (χ0v) is 19.2. The molecule has 0 saturated carbocycles. The van der Waals surface area contributed by atoms with E-state index in [4.69, 9.17) is 0 Å². The summed E-state index contributed by atoms with van der Waals surface area (Å²) >= 11 is 0. The highest BCUT2D eigenvalue weighted by Crippen LogP contribution is 2.27. The minimum Gasteiger partial charge on any atom is -0.371 e. The van der Waals surface area contributed by atoms with Crippen molar-refractivity contribution in [2.24, 2.45) is 0 Å². The van der Waals surface area contributed by atoms with E-state index < -0.39 is 0 Å². The number of urea groups is 1. The Balaban J connectivity index is 1.66. The van der Waals surface area contributed by atoms with Crippen molar-refractivity contribution < 1.29 is 9.59 Å². The van der Waals surface area contributed by atoms with Crippen LogP contribution in [0.3, 0.4) is 0 Å². The molecule has 172 valence electrons. The van der Waals surface area contributed by atoms with Gasteiger partial charge in [-0.15, -0.1) is 0 Å². The maximum atomic E-state index is 13.0. The Morgan fingerprint density at radius 1 is 0.969 bits per heavy atom. The first-order valence-corrected chi connectivity index (χ1v) is 11.6. The maximum Gasteiger partial charge on any atom is 0.319 e. The fourth-order valence-electron chi connectivity index (χ4n) is 3.95. The summed E-state index contributed by atoms with van der Waals surface area (Å²) in [6, 6.07) is 15.0.